The van der Waals surface area contributed by atoms with E-state index in [1.54, 1.807) is 0 Å². The molecule has 4 nitrogen and oxygen atoms in total. The van der Waals surface area contributed by atoms with Gasteiger partial charge in [0.05, 0.1) is 19.8 Å². The first kappa shape index (κ1) is 12.1. The second kappa shape index (κ2) is 7.76. The number of ether oxygens (including phenoxy) is 2. The van der Waals surface area contributed by atoms with Crippen LogP contribution in [0.25, 0.3) is 0 Å². The molecular formula is C9H16O4. The van der Waals surface area contributed by atoms with Crippen molar-refractivity contribution in [1.29, 1.82) is 0 Å². The Kier molecular flexibility index (Phi) is 7.24. The van der Waals surface area contributed by atoms with E-state index >= 15 is 0 Å². The summed E-state index contributed by atoms with van der Waals surface area (Å²) in [5.74, 6) is -0.964. The molecular weight excluding hydrogens is 172 g/mol. The van der Waals surface area contributed by atoms with Gasteiger partial charge in [-0.25, -0.2) is 4.79 Å². The molecule has 0 aliphatic rings. The predicted octanol–water partition coefficient (Wildman–Crippen LogP) is 1.07. The number of carboxylic acids is 1. The van der Waals surface area contributed by atoms with Gasteiger partial charge >= 0.3 is 5.97 Å². The van der Waals surface area contributed by atoms with Crippen molar-refractivity contribution in [3.63, 3.8) is 0 Å². The zero-order valence-electron chi connectivity index (χ0n) is 7.91. The van der Waals surface area contributed by atoms with E-state index in [0.29, 0.717) is 32.8 Å². The van der Waals surface area contributed by atoms with Gasteiger partial charge in [0.1, 0.15) is 0 Å². The maximum absolute atomic E-state index is 10.3. The van der Waals surface area contributed by atoms with Gasteiger partial charge in [0.15, 0.2) is 0 Å². The minimum Gasteiger partial charge on any atom is -0.478 e. The molecule has 0 aliphatic carbocycles. The highest BCUT2D eigenvalue weighted by molar-refractivity contribution is 5.85. The van der Waals surface area contributed by atoms with Crippen LogP contribution in [0.2, 0.25) is 0 Å². The Morgan fingerprint density at radius 2 is 1.92 bits per heavy atom. The van der Waals surface area contributed by atoms with E-state index in [1.165, 1.54) is 0 Å². The largest absolute Gasteiger partial charge is 0.478 e. The Morgan fingerprint density at radius 3 is 2.46 bits per heavy atom. The van der Waals surface area contributed by atoms with Crippen molar-refractivity contribution in [1.82, 2.24) is 0 Å². The van der Waals surface area contributed by atoms with Gasteiger partial charge in [-0.2, -0.15) is 0 Å². The van der Waals surface area contributed by atoms with Crippen molar-refractivity contribution >= 4 is 5.97 Å². The zero-order valence-corrected chi connectivity index (χ0v) is 7.91. The fourth-order valence-corrected chi connectivity index (χ4v) is 0.667. The third kappa shape index (κ3) is 7.49. The first-order valence-electron chi connectivity index (χ1n) is 4.25. The molecule has 0 aliphatic heterocycles. The van der Waals surface area contributed by atoms with E-state index in [4.69, 9.17) is 14.6 Å². The number of carboxylic acid groups (broad SMARTS) is 1. The molecule has 0 saturated heterocycles. The molecule has 4 heteroatoms. The molecule has 0 radical (unpaired) electrons. The van der Waals surface area contributed by atoms with Gasteiger partial charge < -0.3 is 14.6 Å². The number of carbonyl (C=O) groups is 1. The minimum absolute atomic E-state index is 0.177. The second-order valence-corrected chi connectivity index (χ2v) is 2.47. The summed E-state index contributed by atoms with van der Waals surface area (Å²) in [5.41, 5.74) is 0.177. The van der Waals surface area contributed by atoms with Crippen molar-refractivity contribution in [2.24, 2.45) is 0 Å². The summed E-state index contributed by atoms with van der Waals surface area (Å²) >= 11 is 0. The third-order valence-corrected chi connectivity index (χ3v) is 1.43. The van der Waals surface area contributed by atoms with Gasteiger partial charge in [-0.15, -0.1) is 0 Å². The summed E-state index contributed by atoms with van der Waals surface area (Å²) in [6, 6.07) is 0. The van der Waals surface area contributed by atoms with E-state index in [2.05, 4.69) is 6.58 Å². The summed E-state index contributed by atoms with van der Waals surface area (Å²) in [4.78, 5) is 10.3. The predicted molar refractivity (Wildman–Crippen MR) is 48.7 cm³/mol. The van der Waals surface area contributed by atoms with Crippen molar-refractivity contribution in [2.45, 2.75) is 13.3 Å². The molecule has 0 rings (SSSR count). The van der Waals surface area contributed by atoms with Crippen molar-refractivity contribution in [3.05, 3.63) is 12.2 Å². The topological polar surface area (TPSA) is 55.8 Å². The summed E-state index contributed by atoms with van der Waals surface area (Å²) in [6.45, 7) is 7.40. The Labute approximate surface area is 78.2 Å². The fourth-order valence-electron chi connectivity index (χ4n) is 0.667. The van der Waals surface area contributed by atoms with Gasteiger partial charge in [0, 0.05) is 18.6 Å². The molecule has 0 bridgehead atoms. The smallest absolute Gasteiger partial charge is 0.331 e. The lowest BCUT2D eigenvalue weighted by molar-refractivity contribution is -0.132. The van der Waals surface area contributed by atoms with Gasteiger partial charge in [-0.3, -0.25) is 0 Å². The molecule has 76 valence electrons. The highest BCUT2D eigenvalue weighted by atomic mass is 16.5. The Balaban J connectivity index is 3.16. The highest BCUT2D eigenvalue weighted by Gasteiger charge is 2.02. The van der Waals surface area contributed by atoms with Crippen LogP contribution in [0.4, 0.5) is 0 Å². The first-order chi connectivity index (χ1) is 6.18. The maximum Gasteiger partial charge on any atom is 0.331 e. The quantitative estimate of drug-likeness (QED) is 0.457. The summed E-state index contributed by atoms with van der Waals surface area (Å²) in [6.07, 6.45) is 0.363. The van der Waals surface area contributed by atoms with Gasteiger partial charge in [0.25, 0.3) is 0 Å². The van der Waals surface area contributed by atoms with Gasteiger partial charge in [0.2, 0.25) is 0 Å². The van der Waals surface area contributed by atoms with Crippen LogP contribution in [-0.2, 0) is 14.3 Å². The minimum atomic E-state index is -0.964. The normalized spacial score (nSPS) is 9.92. The highest BCUT2D eigenvalue weighted by Crippen LogP contribution is 1.97. The molecule has 0 amide bonds. The van der Waals surface area contributed by atoms with Crippen LogP contribution < -0.4 is 0 Å². The SMILES string of the molecule is C=C(CCOCCOCC)C(=O)O. The molecule has 0 atom stereocenters. The van der Waals surface area contributed by atoms with Crippen LogP contribution in [0, 0.1) is 0 Å². The van der Waals surface area contributed by atoms with E-state index in [1.807, 2.05) is 6.92 Å². The average molecular weight is 188 g/mol. The van der Waals surface area contributed by atoms with Crippen LogP contribution in [-0.4, -0.2) is 37.5 Å². The van der Waals surface area contributed by atoms with E-state index in [-0.39, 0.29) is 5.57 Å². The monoisotopic (exact) mass is 188 g/mol. The number of aliphatic carboxylic acids is 1. The molecule has 0 saturated carbocycles. The van der Waals surface area contributed by atoms with Crippen molar-refractivity contribution < 1.29 is 19.4 Å². The van der Waals surface area contributed by atoms with Crippen LogP contribution in [0.15, 0.2) is 12.2 Å². The van der Waals surface area contributed by atoms with E-state index in [0.717, 1.165) is 0 Å². The van der Waals surface area contributed by atoms with E-state index in [9.17, 15) is 4.79 Å². The number of rotatable bonds is 8. The lowest BCUT2D eigenvalue weighted by Crippen LogP contribution is -2.07. The molecule has 0 spiro atoms. The Morgan fingerprint density at radius 1 is 1.31 bits per heavy atom. The number of hydrogen-bond donors (Lipinski definition) is 1. The second-order valence-electron chi connectivity index (χ2n) is 2.47. The standard InChI is InChI=1S/C9H16O4/c1-3-12-6-7-13-5-4-8(2)9(10)11/h2-7H2,1H3,(H,10,11). The molecule has 0 fully saturated rings. The summed E-state index contributed by atoms with van der Waals surface area (Å²) in [5, 5.41) is 8.44. The van der Waals surface area contributed by atoms with Crippen LogP contribution >= 0.6 is 0 Å². The summed E-state index contributed by atoms with van der Waals surface area (Å²) < 4.78 is 10.1. The Bertz CT molecular complexity index is 165. The van der Waals surface area contributed by atoms with Crippen molar-refractivity contribution in [2.75, 3.05) is 26.4 Å². The molecule has 0 aromatic heterocycles. The molecule has 0 heterocycles. The maximum atomic E-state index is 10.3. The van der Waals surface area contributed by atoms with Gasteiger partial charge in [-0.05, 0) is 6.92 Å². The molecule has 13 heavy (non-hydrogen) atoms. The van der Waals surface area contributed by atoms with Crippen LogP contribution in [0.5, 0.6) is 0 Å². The van der Waals surface area contributed by atoms with E-state index < -0.39 is 5.97 Å². The third-order valence-electron chi connectivity index (χ3n) is 1.43. The number of hydrogen-bond acceptors (Lipinski definition) is 3. The molecule has 0 aromatic carbocycles. The molecule has 0 aromatic rings. The molecule has 1 N–H and O–H groups in total. The average Bonchev–Trinajstić information content (AvgIpc) is 2.10. The van der Waals surface area contributed by atoms with Gasteiger partial charge in [-0.1, -0.05) is 6.58 Å². The summed E-state index contributed by atoms with van der Waals surface area (Å²) in [7, 11) is 0. The fraction of sp³-hybridized carbons (Fsp3) is 0.667. The van der Waals surface area contributed by atoms with Crippen LogP contribution in [0.1, 0.15) is 13.3 Å². The van der Waals surface area contributed by atoms with Crippen LogP contribution in [0.3, 0.4) is 0 Å². The zero-order chi connectivity index (χ0) is 10.1. The lowest BCUT2D eigenvalue weighted by Gasteiger charge is -2.03. The van der Waals surface area contributed by atoms with Crippen molar-refractivity contribution in [3.8, 4) is 0 Å². The first-order valence-corrected chi connectivity index (χ1v) is 4.25. The Hall–Kier alpha value is -0.870. The molecule has 0 unspecified atom stereocenters. The lowest BCUT2D eigenvalue weighted by atomic mass is 10.2.